The molecule has 0 radical (unpaired) electrons. The van der Waals surface area contributed by atoms with Crippen molar-refractivity contribution in [1.82, 2.24) is 5.32 Å². The van der Waals surface area contributed by atoms with Crippen molar-refractivity contribution >= 4 is 17.7 Å². The first-order valence-corrected chi connectivity index (χ1v) is 9.36. The number of carboxylic acids is 1. The Morgan fingerprint density at radius 3 is 2.52 bits per heavy atom. The average molecular weight is 359 g/mol. The van der Waals surface area contributed by atoms with Crippen molar-refractivity contribution in [2.24, 2.45) is 0 Å². The topological polar surface area (TPSA) is 67.8 Å². The van der Waals surface area contributed by atoms with E-state index in [0.717, 1.165) is 27.5 Å². The van der Waals surface area contributed by atoms with Crippen LogP contribution >= 0.6 is 11.8 Å². The number of benzene rings is 2. The number of rotatable bonds is 7. The molecule has 0 amide bonds. The predicted octanol–water partition coefficient (Wildman–Crippen LogP) is 2.97. The first-order valence-electron chi connectivity index (χ1n) is 8.14. The van der Waals surface area contributed by atoms with E-state index in [1.165, 1.54) is 0 Å². The number of carbonyl (C=O) groups is 1. The first kappa shape index (κ1) is 17.6. The van der Waals surface area contributed by atoms with Crippen LogP contribution in [0.3, 0.4) is 0 Å². The van der Waals surface area contributed by atoms with E-state index in [2.05, 4.69) is 5.32 Å². The van der Waals surface area contributed by atoms with Crippen LogP contribution in [0, 0.1) is 0 Å². The lowest BCUT2D eigenvalue weighted by atomic mass is 10.1. The number of ether oxygens (including phenoxy) is 2. The molecule has 2 aromatic rings. The monoisotopic (exact) mass is 359 g/mol. The second-order valence-electron chi connectivity index (χ2n) is 5.77. The smallest absolute Gasteiger partial charge is 0.321 e. The highest BCUT2D eigenvalue weighted by molar-refractivity contribution is 7.98. The Morgan fingerprint density at radius 1 is 1.20 bits per heavy atom. The number of nitrogens with one attached hydrogen (secondary N) is 1. The van der Waals surface area contributed by atoms with Crippen molar-refractivity contribution < 1.29 is 19.4 Å². The van der Waals surface area contributed by atoms with Crippen molar-refractivity contribution in [3.8, 4) is 11.5 Å². The van der Waals surface area contributed by atoms with Gasteiger partial charge in [0.2, 0.25) is 0 Å². The summed E-state index contributed by atoms with van der Waals surface area (Å²) in [6.07, 6.45) is 2.43. The minimum atomic E-state index is -0.855. The van der Waals surface area contributed by atoms with Crippen LogP contribution in [0.1, 0.15) is 11.1 Å². The summed E-state index contributed by atoms with van der Waals surface area (Å²) >= 11 is 1.61. The maximum Gasteiger partial charge on any atom is 0.321 e. The summed E-state index contributed by atoms with van der Waals surface area (Å²) < 4.78 is 11.2. The van der Waals surface area contributed by atoms with Crippen molar-refractivity contribution in [2.45, 2.75) is 23.9 Å². The van der Waals surface area contributed by atoms with Gasteiger partial charge in [-0.15, -0.1) is 11.8 Å². The fourth-order valence-electron chi connectivity index (χ4n) is 2.77. The van der Waals surface area contributed by atoms with E-state index in [4.69, 9.17) is 9.47 Å². The summed E-state index contributed by atoms with van der Waals surface area (Å²) in [5, 5.41) is 12.7. The molecule has 2 aromatic carbocycles. The molecule has 3 rings (SSSR count). The highest BCUT2D eigenvalue weighted by Crippen LogP contribution is 2.36. The zero-order chi connectivity index (χ0) is 17.6. The standard InChI is InChI=1S/C19H21NO4S/c1-25-18-11-17-16(23-7-8-24-17)10-14(18)12-20-15(19(21)22)9-13-5-3-2-4-6-13/h2-6,10-11,15,20H,7-9,12H2,1H3,(H,21,22)/t15-/m1/s1. The van der Waals surface area contributed by atoms with Gasteiger partial charge < -0.3 is 14.6 Å². The van der Waals surface area contributed by atoms with Gasteiger partial charge in [0.15, 0.2) is 11.5 Å². The van der Waals surface area contributed by atoms with E-state index in [9.17, 15) is 9.90 Å². The number of hydrogen-bond acceptors (Lipinski definition) is 5. The van der Waals surface area contributed by atoms with Gasteiger partial charge in [-0.2, -0.15) is 0 Å². The maximum atomic E-state index is 11.6. The molecule has 2 N–H and O–H groups in total. The fraction of sp³-hybridized carbons (Fsp3) is 0.316. The normalized spacial score (nSPS) is 14.1. The van der Waals surface area contributed by atoms with Crippen LogP contribution in [0.2, 0.25) is 0 Å². The second kappa shape index (κ2) is 8.27. The van der Waals surface area contributed by atoms with Crippen LogP contribution < -0.4 is 14.8 Å². The SMILES string of the molecule is CSc1cc2c(cc1CN[C@H](Cc1ccccc1)C(=O)O)OCCO2. The van der Waals surface area contributed by atoms with Gasteiger partial charge in [-0.3, -0.25) is 10.1 Å². The lowest BCUT2D eigenvalue weighted by Gasteiger charge is -2.21. The molecule has 5 nitrogen and oxygen atoms in total. The molecule has 0 fully saturated rings. The van der Waals surface area contributed by atoms with Crippen LogP contribution in [0.4, 0.5) is 0 Å². The number of thioether (sulfide) groups is 1. The second-order valence-corrected chi connectivity index (χ2v) is 6.62. The molecule has 1 heterocycles. The van der Waals surface area contributed by atoms with Gasteiger partial charge in [0, 0.05) is 11.4 Å². The quantitative estimate of drug-likeness (QED) is 0.741. The molecule has 25 heavy (non-hydrogen) atoms. The highest BCUT2D eigenvalue weighted by atomic mass is 32.2. The molecule has 0 saturated carbocycles. The minimum Gasteiger partial charge on any atom is -0.486 e. The van der Waals surface area contributed by atoms with Crippen LogP contribution in [0.15, 0.2) is 47.4 Å². The Balaban J connectivity index is 1.73. The number of hydrogen-bond donors (Lipinski definition) is 2. The van der Waals surface area contributed by atoms with Crippen molar-refractivity contribution in [3.63, 3.8) is 0 Å². The zero-order valence-electron chi connectivity index (χ0n) is 14.0. The summed E-state index contributed by atoms with van der Waals surface area (Å²) in [5.74, 6) is 0.612. The summed E-state index contributed by atoms with van der Waals surface area (Å²) in [6, 6.07) is 12.9. The Bertz CT molecular complexity index is 736. The largest absolute Gasteiger partial charge is 0.486 e. The van der Waals surface area contributed by atoms with E-state index >= 15 is 0 Å². The molecule has 0 aliphatic carbocycles. The Hall–Kier alpha value is -2.18. The molecule has 0 unspecified atom stereocenters. The third kappa shape index (κ3) is 4.46. The van der Waals surface area contributed by atoms with Crippen LogP contribution in [0.25, 0.3) is 0 Å². The fourth-order valence-corrected chi connectivity index (χ4v) is 3.39. The van der Waals surface area contributed by atoms with Crippen LogP contribution in [-0.2, 0) is 17.8 Å². The lowest BCUT2D eigenvalue weighted by molar-refractivity contribution is -0.139. The van der Waals surface area contributed by atoms with E-state index in [-0.39, 0.29) is 0 Å². The molecule has 1 atom stereocenters. The van der Waals surface area contributed by atoms with Gasteiger partial charge in [0.1, 0.15) is 19.3 Å². The summed E-state index contributed by atoms with van der Waals surface area (Å²) in [5.41, 5.74) is 2.01. The summed E-state index contributed by atoms with van der Waals surface area (Å²) in [6.45, 7) is 1.54. The van der Waals surface area contributed by atoms with Crippen molar-refractivity contribution in [2.75, 3.05) is 19.5 Å². The minimum absolute atomic E-state index is 0.440. The summed E-state index contributed by atoms with van der Waals surface area (Å²) in [4.78, 5) is 12.7. The number of fused-ring (bicyclic) bond motifs is 1. The predicted molar refractivity (Wildman–Crippen MR) is 97.6 cm³/mol. The van der Waals surface area contributed by atoms with Crippen LogP contribution in [-0.4, -0.2) is 36.6 Å². The number of aliphatic carboxylic acids is 1. The van der Waals surface area contributed by atoms with Gasteiger partial charge >= 0.3 is 5.97 Å². The van der Waals surface area contributed by atoms with Gasteiger partial charge in [0.05, 0.1) is 0 Å². The molecule has 0 bridgehead atoms. The molecular weight excluding hydrogens is 338 g/mol. The number of carboxylic acid groups (broad SMARTS) is 1. The van der Waals surface area contributed by atoms with E-state index in [1.807, 2.05) is 48.7 Å². The van der Waals surface area contributed by atoms with Crippen LogP contribution in [0.5, 0.6) is 11.5 Å². The molecule has 6 heteroatoms. The molecule has 1 aliphatic heterocycles. The third-order valence-electron chi connectivity index (χ3n) is 4.06. The Morgan fingerprint density at radius 2 is 1.88 bits per heavy atom. The lowest BCUT2D eigenvalue weighted by Crippen LogP contribution is -2.38. The van der Waals surface area contributed by atoms with E-state index in [1.54, 1.807) is 11.8 Å². The van der Waals surface area contributed by atoms with Gasteiger partial charge in [-0.25, -0.2) is 0 Å². The maximum absolute atomic E-state index is 11.6. The first-order chi connectivity index (χ1) is 12.2. The van der Waals surface area contributed by atoms with Gasteiger partial charge in [0.25, 0.3) is 0 Å². The molecule has 0 spiro atoms. The third-order valence-corrected chi connectivity index (χ3v) is 4.88. The van der Waals surface area contributed by atoms with Crippen molar-refractivity contribution in [3.05, 3.63) is 53.6 Å². The Kier molecular flexibility index (Phi) is 5.83. The molecular formula is C19H21NO4S. The summed E-state index contributed by atoms with van der Waals surface area (Å²) in [7, 11) is 0. The molecule has 0 aromatic heterocycles. The van der Waals surface area contributed by atoms with E-state index < -0.39 is 12.0 Å². The Labute approximate surface area is 151 Å². The average Bonchev–Trinajstić information content (AvgIpc) is 2.64. The molecule has 1 aliphatic rings. The highest BCUT2D eigenvalue weighted by Gasteiger charge is 2.20. The van der Waals surface area contributed by atoms with E-state index in [0.29, 0.717) is 26.2 Å². The van der Waals surface area contributed by atoms with Gasteiger partial charge in [-0.1, -0.05) is 30.3 Å². The van der Waals surface area contributed by atoms with Crippen molar-refractivity contribution in [1.29, 1.82) is 0 Å². The zero-order valence-corrected chi connectivity index (χ0v) is 14.8. The molecule has 0 saturated heterocycles. The molecule has 132 valence electrons. The van der Waals surface area contributed by atoms with Gasteiger partial charge in [-0.05, 0) is 35.9 Å².